The van der Waals surface area contributed by atoms with Crippen molar-refractivity contribution in [2.75, 3.05) is 18.2 Å². The lowest BCUT2D eigenvalue weighted by molar-refractivity contribution is -0.759. The molecule has 0 saturated carbocycles. The smallest absolute Gasteiger partial charge is 0.325 e. The third-order valence-electron chi connectivity index (χ3n) is 4.44. The highest BCUT2D eigenvalue weighted by molar-refractivity contribution is 14.1. The molecule has 0 aliphatic carbocycles. The number of para-hydroxylation sites is 1. The molecule has 1 aliphatic rings. The minimum absolute atomic E-state index is 0.108. The van der Waals surface area contributed by atoms with Crippen molar-refractivity contribution in [2.24, 2.45) is 0 Å². The van der Waals surface area contributed by atoms with Crippen LogP contribution in [0.15, 0.2) is 46.3 Å². The molecule has 144 valence electrons. The highest BCUT2D eigenvalue weighted by atomic mass is 127. The molecule has 0 radical (unpaired) electrons. The fourth-order valence-corrected chi connectivity index (χ4v) is 4.21. The average molecular weight is 509 g/mol. The van der Waals surface area contributed by atoms with Gasteiger partial charge in [-0.1, -0.05) is 23.9 Å². The van der Waals surface area contributed by atoms with Crippen molar-refractivity contribution in [3.05, 3.63) is 55.9 Å². The van der Waals surface area contributed by atoms with Gasteiger partial charge in [0.15, 0.2) is 11.5 Å². The van der Waals surface area contributed by atoms with Gasteiger partial charge in [-0.2, -0.15) is 0 Å². The summed E-state index contributed by atoms with van der Waals surface area (Å²) >= 11 is 3.44. The van der Waals surface area contributed by atoms with Gasteiger partial charge in [-0.15, -0.1) is 0 Å². The zero-order valence-electron chi connectivity index (χ0n) is 15.2. The Labute approximate surface area is 179 Å². The average Bonchev–Trinajstić information content (AvgIpc) is 2.70. The zero-order chi connectivity index (χ0) is 19.8. The van der Waals surface area contributed by atoms with Crippen molar-refractivity contribution in [2.45, 2.75) is 18.2 Å². The lowest BCUT2D eigenvalue weighted by atomic mass is 10.0. The van der Waals surface area contributed by atoms with E-state index in [1.54, 1.807) is 10.7 Å². The summed E-state index contributed by atoms with van der Waals surface area (Å²) in [5.41, 5.74) is 2.75. The van der Waals surface area contributed by atoms with Crippen LogP contribution in [0.3, 0.4) is 0 Å². The van der Waals surface area contributed by atoms with E-state index in [-0.39, 0.29) is 11.3 Å². The summed E-state index contributed by atoms with van der Waals surface area (Å²) < 4.78 is 7.95. The number of H-pyrrole nitrogens is 1. The molecule has 0 amide bonds. The third kappa shape index (κ3) is 3.22. The summed E-state index contributed by atoms with van der Waals surface area (Å²) in [6, 6.07) is 11.3. The Hall–Kier alpha value is -2.27. The largest absolute Gasteiger partial charge is 0.504 e. The van der Waals surface area contributed by atoms with Crippen LogP contribution >= 0.6 is 34.4 Å². The van der Waals surface area contributed by atoms with Crippen LogP contribution < -0.4 is 20.3 Å². The van der Waals surface area contributed by atoms with Crippen LogP contribution in [-0.2, 0) is 0 Å². The Kier molecular flexibility index (Phi) is 5.19. The molecule has 28 heavy (non-hydrogen) atoms. The summed E-state index contributed by atoms with van der Waals surface area (Å²) in [5, 5.41) is 18.9. The number of anilines is 1. The van der Waals surface area contributed by atoms with E-state index < -0.39 is 6.17 Å². The van der Waals surface area contributed by atoms with Gasteiger partial charge in [0.25, 0.3) is 6.17 Å². The number of benzene rings is 2. The zero-order valence-corrected chi connectivity index (χ0v) is 18.2. The van der Waals surface area contributed by atoms with E-state index in [2.05, 4.69) is 38.0 Å². The van der Waals surface area contributed by atoms with Crippen LogP contribution in [0, 0.1) is 3.57 Å². The Morgan fingerprint density at radius 3 is 2.89 bits per heavy atom. The lowest BCUT2D eigenvalue weighted by Crippen LogP contribution is -2.55. The number of halogens is 1. The SMILES string of the molecule is CCOc1cc([C@H]2Nc3ccccc3-c3c(=O)[nH]c(SC)n[n+]32)cc(I)c1O. The number of fused-ring (bicyclic) bond motifs is 3. The molecule has 0 bridgehead atoms. The van der Waals surface area contributed by atoms with Crippen molar-refractivity contribution >= 4 is 40.0 Å². The number of thioether (sulfide) groups is 1. The topological polar surface area (TPSA) is 91.1 Å². The van der Waals surface area contributed by atoms with Crippen LogP contribution in [-0.4, -0.2) is 28.1 Å². The van der Waals surface area contributed by atoms with Gasteiger partial charge in [0.2, 0.25) is 5.16 Å². The van der Waals surface area contributed by atoms with Crippen molar-refractivity contribution in [1.82, 2.24) is 10.1 Å². The molecule has 0 spiro atoms. The first kappa shape index (κ1) is 19.1. The number of nitrogens with zero attached hydrogens (tertiary/aromatic N) is 2. The van der Waals surface area contributed by atoms with Gasteiger partial charge in [-0.3, -0.25) is 9.78 Å². The molecule has 1 atom stereocenters. The van der Waals surface area contributed by atoms with Crippen molar-refractivity contribution in [3.63, 3.8) is 0 Å². The quantitative estimate of drug-likeness (QED) is 0.285. The monoisotopic (exact) mass is 509 g/mol. The lowest BCUT2D eigenvalue weighted by Gasteiger charge is -2.23. The third-order valence-corrected chi connectivity index (χ3v) is 5.83. The summed E-state index contributed by atoms with van der Waals surface area (Å²) in [5.74, 6) is 0.512. The maximum Gasteiger partial charge on any atom is 0.325 e. The van der Waals surface area contributed by atoms with Crippen molar-refractivity contribution < 1.29 is 14.5 Å². The molecule has 0 unspecified atom stereocenters. The van der Waals surface area contributed by atoms with E-state index in [0.717, 1.165) is 16.8 Å². The number of hydrogen-bond acceptors (Lipinski definition) is 6. The fourth-order valence-electron chi connectivity index (χ4n) is 3.22. The first-order valence-electron chi connectivity index (χ1n) is 8.64. The second-order valence-corrected chi connectivity index (χ2v) is 8.09. The molecule has 2 aromatic carbocycles. The first-order chi connectivity index (χ1) is 13.5. The van der Waals surface area contributed by atoms with E-state index in [0.29, 0.717) is 26.8 Å². The Bertz CT molecular complexity index is 1120. The summed E-state index contributed by atoms with van der Waals surface area (Å²) in [4.78, 5) is 15.7. The predicted molar refractivity (Wildman–Crippen MR) is 116 cm³/mol. The second kappa shape index (κ2) is 7.63. The molecule has 7 nitrogen and oxygen atoms in total. The molecule has 9 heteroatoms. The molecular weight excluding hydrogens is 491 g/mol. The number of aromatic nitrogens is 3. The van der Waals surface area contributed by atoms with Crippen molar-refractivity contribution in [1.29, 1.82) is 0 Å². The predicted octanol–water partition coefficient (Wildman–Crippen LogP) is 3.13. The fraction of sp³-hybridized carbons (Fsp3) is 0.211. The van der Waals surface area contributed by atoms with E-state index in [1.807, 2.05) is 43.5 Å². The first-order valence-corrected chi connectivity index (χ1v) is 10.9. The van der Waals surface area contributed by atoms with E-state index in [1.165, 1.54) is 11.8 Å². The standard InChI is InChI=1S/C19H17IN4O3S/c1-3-27-14-9-10(8-12(20)16(14)25)17-21-13-7-5-4-6-11(13)15-18(26)22-19(28-2)23-24(15)17/h4-9,17H,3H2,1-2H3,(H2,22,23,25,26)/p+1/t17-/m0/s1. The molecule has 0 saturated heterocycles. The maximum absolute atomic E-state index is 12.8. The van der Waals surface area contributed by atoms with Crippen LogP contribution in [0.25, 0.3) is 11.3 Å². The minimum Gasteiger partial charge on any atom is -0.504 e. The molecule has 3 aromatic rings. The molecule has 1 aliphatic heterocycles. The number of phenolic OH excluding ortho intramolecular Hbond substituents is 1. The highest BCUT2D eigenvalue weighted by Gasteiger charge is 2.38. The number of nitrogens with one attached hydrogen (secondary N) is 2. The molecule has 4 rings (SSSR count). The normalized spacial score (nSPS) is 14.8. The summed E-state index contributed by atoms with van der Waals surface area (Å²) in [6.07, 6.45) is 1.44. The Morgan fingerprint density at radius 1 is 1.36 bits per heavy atom. The number of aromatic amines is 1. The number of ether oxygens (including phenoxy) is 1. The molecule has 2 heterocycles. The van der Waals surface area contributed by atoms with Gasteiger partial charge >= 0.3 is 11.3 Å². The van der Waals surface area contributed by atoms with Gasteiger partial charge in [-0.05, 0) is 64.7 Å². The summed E-state index contributed by atoms with van der Waals surface area (Å²) in [7, 11) is 0. The minimum atomic E-state index is -0.425. The molecule has 0 fully saturated rings. The van der Waals surface area contributed by atoms with Gasteiger partial charge in [0.05, 0.1) is 21.4 Å². The number of phenols is 1. The maximum atomic E-state index is 12.8. The van der Waals surface area contributed by atoms with Gasteiger partial charge in [-0.25, -0.2) is 0 Å². The van der Waals surface area contributed by atoms with Crippen molar-refractivity contribution in [3.8, 4) is 22.8 Å². The van der Waals surface area contributed by atoms with Crippen LogP contribution in [0.2, 0.25) is 0 Å². The number of rotatable bonds is 4. The van der Waals surface area contributed by atoms with E-state index >= 15 is 0 Å². The molecule has 1 aromatic heterocycles. The van der Waals surface area contributed by atoms with Gasteiger partial charge in [0.1, 0.15) is 0 Å². The highest BCUT2D eigenvalue weighted by Crippen LogP contribution is 2.37. The van der Waals surface area contributed by atoms with E-state index in [9.17, 15) is 9.90 Å². The molecule has 3 N–H and O–H groups in total. The Morgan fingerprint density at radius 2 is 2.14 bits per heavy atom. The number of hydrogen-bond donors (Lipinski definition) is 3. The second-order valence-electron chi connectivity index (χ2n) is 6.13. The Balaban J connectivity index is 1.96. The van der Waals surface area contributed by atoms with E-state index in [4.69, 9.17) is 4.74 Å². The van der Waals surface area contributed by atoms with Crippen LogP contribution in [0.4, 0.5) is 5.69 Å². The summed E-state index contributed by atoms with van der Waals surface area (Å²) in [6.45, 7) is 2.30. The van der Waals surface area contributed by atoms with Crippen LogP contribution in [0.5, 0.6) is 11.5 Å². The molecular formula is C19H18IN4O3S+. The van der Waals surface area contributed by atoms with Crippen LogP contribution in [0.1, 0.15) is 18.7 Å². The van der Waals surface area contributed by atoms with Gasteiger partial charge in [0, 0.05) is 10.7 Å². The van der Waals surface area contributed by atoms with Gasteiger partial charge < -0.3 is 15.2 Å². The number of aromatic hydroxyl groups is 1.